The number of rotatable bonds is 4. The monoisotopic (exact) mass is 265 g/mol. The molecule has 0 aliphatic rings. The first-order valence-electron chi connectivity index (χ1n) is 6.12. The molecule has 0 radical (unpaired) electrons. The van der Waals surface area contributed by atoms with Gasteiger partial charge in [0.2, 0.25) is 5.91 Å². The highest BCUT2D eigenvalue weighted by atomic mass is 16.2. The quantitative estimate of drug-likeness (QED) is 0.820. The normalized spacial score (nSPS) is 11.8. The van der Waals surface area contributed by atoms with Crippen LogP contribution in [-0.4, -0.2) is 41.3 Å². The minimum absolute atomic E-state index is 0.00408. The fourth-order valence-electron chi connectivity index (χ4n) is 1.57. The van der Waals surface area contributed by atoms with Crippen molar-refractivity contribution >= 4 is 11.8 Å². The Kier molecular flexibility index (Phi) is 4.86. The number of hydrogen-bond acceptors (Lipinski definition) is 3. The number of pyridine rings is 1. The number of carbonyl (C=O) groups is 2. The van der Waals surface area contributed by atoms with Gasteiger partial charge in [-0.2, -0.15) is 0 Å². The largest absolute Gasteiger partial charge is 0.364 e. The van der Waals surface area contributed by atoms with Gasteiger partial charge in [-0.15, -0.1) is 0 Å². The maximum atomic E-state index is 11.9. The Bertz CT molecular complexity index is 536. The Labute approximate surface area is 111 Å². The van der Waals surface area contributed by atoms with Crippen LogP contribution in [0.3, 0.4) is 0 Å². The molecule has 0 fully saturated rings. The van der Waals surface area contributed by atoms with Crippen LogP contribution < -0.4 is 10.7 Å². The van der Waals surface area contributed by atoms with Crippen LogP contribution >= 0.6 is 0 Å². The number of nitrogens with zero attached hydrogens (tertiary/aromatic N) is 1. The third-order valence-corrected chi connectivity index (χ3v) is 2.87. The van der Waals surface area contributed by atoms with Crippen LogP contribution in [-0.2, 0) is 4.79 Å². The average Bonchev–Trinajstić information content (AvgIpc) is 2.36. The summed E-state index contributed by atoms with van der Waals surface area (Å²) < 4.78 is 0. The fourth-order valence-corrected chi connectivity index (χ4v) is 1.57. The summed E-state index contributed by atoms with van der Waals surface area (Å²) in [6.45, 7) is 5.72. The van der Waals surface area contributed by atoms with E-state index >= 15 is 0 Å². The minimum atomic E-state index is -0.668. The number of aromatic nitrogens is 1. The number of aromatic amines is 1. The van der Waals surface area contributed by atoms with Gasteiger partial charge in [0.1, 0.15) is 11.6 Å². The van der Waals surface area contributed by atoms with Crippen molar-refractivity contribution in [2.75, 3.05) is 13.6 Å². The highest BCUT2D eigenvalue weighted by Gasteiger charge is 2.20. The van der Waals surface area contributed by atoms with Gasteiger partial charge < -0.3 is 15.2 Å². The minimum Gasteiger partial charge on any atom is -0.364 e. The summed E-state index contributed by atoms with van der Waals surface area (Å²) in [5.74, 6) is -0.744. The third kappa shape index (κ3) is 3.67. The van der Waals surface area contributed by atoms with Crippen molar-refractivity contribution < 1.29 is 9.59 Å². The molecule has 1 aromatic heterocycles. The van der Waals surface area contributed by atoms with Crippen molar-refractivity contribution in [1.29, 1.82) is 0 Å². The summed E-state index contributed by atoms with van der Waals surface area (Å²) >= 11 is 0. The van der Waals surface area contributed by atoms with Crippen molar-refractivity contribution in [3.8, 4) is 0 Å². The van der Waals surface area contributed by atoms with Gasteiger partial charge in [-0.1, -0.05) is 0 Å². The van der Waals surface area contributed by atoms with Crippen molar-refractivity contribution in [1.82, 2.24) is 15.2 Å². The van der Waals surface area contributed by atoms with Gasteiger partial charge in [-0.3, -0.25) is 14.4 Å². The van der Waals surface area contributed by atoms with Gasteiger partial charge in [0.25, 0.3) is 5.91 Å². The van der Waals surface area contributed by atoms with Crippen LogP contribution in [0.25, 0.3) is 0 Å². The molecule has 1 rings (SSSR count). The second kappa shape index (κ2) is 6.17. The molecule has 0 bridgehead atoms. The molecule has 0 spiro atoms. The van der Waals surface area contributed by atoms with Gasteiger partial charge in [0.15, 0.2) is 5.43 Å². The number of H-pyrrole nitrogens is 1. The lowest BCUT2D eigenvalue weighted by Gasteiger charge is -2.20. The van der Waals surface area contributed by atoms with E-state index in [1.807, 2.05) is 6.92 Å². The molecule has 6 heteroatoms. The van der Waals surface area contributed by atoms with Crippen molar-refractivity contribution in [3.63, 3.8) is 0 Å². The molecular formula is C13H19N3O3. The van der Waals surface area contributed by atoms with Crippen molar-refractivity contribution in [3.05, 3.63) is 33.7 Å². The topological polar surface area (TPSA) is 82.3 Å². The number of carbonyl (C=O) groups excluding carboxylic acids is 2. The molecule has 0 saturated carbocycles. The van der Waals surface area contributed by atoms with E-state index in [0.717, 1.165) is 0 Å². The molecule has 2 N–H and O–H groups in total. The summed E-state index contributed by atoms with van der Waals surface area (Å²) in [5.41, 5.74) is 0.318. The van der Waals surface area contributed by atoms with E-state index in [0.29, 0.717) is 12.2 Å². The summed E-state index contributed by atoms with van der Waals surface area (Å²) in [4.78, 5) is 39.7. The number of aryl methyl sites for hydroxylation is 1. The Balaban J connectivity index is 2.80. The molecule has 104 valence electrons. The second-order valence-corrected chi connectivity index (χ2v) is 4.44. The average molecular weight is 265 g/mol. The van der Waals surface area contributed by atoms with Gasteiger partial charge in [-0.25, -0.2) is 0 Å². The summed E-state index contributed by atoms with van der Waals surface area (Å²) in [6, 6.07) is 0.678. The highest BCUT2D eigenvalue weighted by molar-refractivity contribution is 5.97. The Morgan fingerprint density at radius 3 is 2.63 bits per heavy atom. The zero-order valence-electron chi connectivity index (χ0n) is 11.6. The molecule has 1 heterocycles. The SMILES string of the molecule is CCN(C)C(=O)C(C)NC(=O)c1c[nH]c(C)cc1=O. The number of likely N-dealkylation sites (N-methyl/N-ethyl adjacent to an activating group) is 1. The van der Waals surface area contributed by atoms with Crippen LogP contribution in [0.4, 0.5) is 0 Å². The van der Waals surface area contributed by atoms with E-state index in [2.05, 4.69) is 10.3 Å². The lowest BCUT2D eigenvalue weighted by atomic mass is 10.2. The van der Waals surface area contributed by atoms with Crippen molar-refractivity contribution in [2.24, 2.45) is 0 Å². The zero-order valence-corrected chi connectivity index (χ0v) is 11.6. The van der Waals surface area contributed by atoms with E-state index < -0.39 is 11.9 Å². The van der Waals surface area contributed by atoms with E-state index in [4.69, 9.17) is 0 Å². The lowest BCUT2D eigenvalue weighted by molar-refractivity contribution is -0.131. The molecule has 1 aromatic rings. The Morgan fingerprint density at radius 2 is 2.11 bits per heavy atom. The van der Waals surface area contributed by atoms with Gasteiger partial charge in [-0.05, 0) is 20.8 Å². The summed E-state index contributed by atoms with van der Waals surface area (Å²) in [5, 5.41) is 2.52. The first-order chi connectivity index (χ1) is 8.86. The maximum Gasteiger partial charge on any atom is 0.257 e. The first kappa shape index (κ1) is 14.9. The molecule has 1 atom stereocenters. The standard InChI is InChI=1S/C13H19N3O3/c1-5-16(4)13(19)9(3)15-12(18)10-7-14-8(2)6-11(10)17/h6-7,9H,5H2,1-4H3,(H,14,17)(H,15,18). The Morgan fingerprint density at radius 1 is 1.47 bits per heavy atom. The fraction of sp³-hybridized carbons (Fsp3) is 0.462. The van der Waals surface area contributed by atoms with Gasteiger partial charge >= 0.3 is 0 Å². The molecule has 6 nitrogen and oxygen atoms in total. The number of hydrogen-bond donors (Lipinski definition) is 2. The maximum absolute atomic E-state index is 11.9. The summed E-state index contributed by atoms with van der Waals surface area (Å²) in [7, 11) is 1.66. The predicted octanol–water partition coefficient (Wildman–Crippen LogP) is 0.280. The van der Waals surface area contributed by atoms with Crippen LogP contribution in [0, 0.1) is 6.92 Å². The molecule has 19 heavy (non-hydrogen) atoms. The highest BCUT2D eigenvalue weighted by Crippen LogP contribution is 1.96. The van der Waals surface area contributed by atoms with Crippen LogP contribution in [0.5, 0.6) is 0 Å². The van der Waals surface area contributed by atoms with Crippen molar-refractivity contribution in [2.45, 2.75) is 26.8 Å². The third-order valence-electron chi connectivity index (χ3n) is 2.87. The van der Waals surface area contributed by atoms with Gasteiger partial charge in [0, 0.05) is 31.5 Å². The molecule has 1 unspecified atom stereocenters. The number of amides is 2. The van der Waals surface area contributed by atoms with Crippen LogP contribution in [0.15, 0.2) is 17.1 Å². The molecule has 0 aromatic carbocycles. The van der Waals surface area contributed by atoms with E-state index in [9.17, 15) is 14.4 Å². The molecular weight excluding hydrogens is 246 g/mol. The van der Waals surface area contributed by atoms with E-state index in [-0.39, 0.29) is 16.9 Å². The molecule has 0 saturated heterocycles. The smallest absolute Gasteiger partial charge is 0.257 e. The first-order valence-corrected chi connectivity index (χ1v) is 6.12. The predicted molar refractivity (Wildman–Crippen MR) is 72.0 cm³/mol. The number of nitrogens with one attached hydrogen (secondary N) is 2. The zero-order chi connectivity index (χ0) is 14.6. The lowest BCUT2D eigenvalue weighted by Crippen LogP contribution is -2.46. The molecule has 2 amide bonds. The second-order valence-electron chi connectivity index (χ2n) is 4.44. The van der Waals surface area contributed by atoms with E-state index in [1.165, 1.54) is 17.2 Å². The summed E-state index contributed by atoms with van der Waals surface area (Å²) in [6.07, 6.45) is 1.35. The molecule has 0 aliphatic carbocycles. The Hall–Kier alpha value is -2.11. The van der Waals surface area contributed by atoms with Crippen LogP contribution in [0.1, 0.15) is 29.9 Å². The van der Waals surface area contributed by atoms with E-state index in [1.54, 1.807) is 20.9 Å². The molecule has 0 aliphatic heterocycles. The van der Waals surface area contributed by atoms with Crippen LogP contribution in [0.2, 0.25) is 0 Å². The van der Waals surface area contributed by atoms with Gasteiger partial charge in [0.05, 0.1) is 0 Å².